The summed E-state index contributed by atoms with van der Waals surface area (Å²) in [6, 6.07) is 0. The van der Waals surface area contributed by atoms with E-state index in [1.54, 1.807) is 12.5 Å². The smallest absolute Gasteiger partial charge is 0.311 e. The van der Waals surface area contributed by atoms with Crippen LogP contribution in [0.3, 0.4) is 0 Å². The molecule has 0 fully saturated rings. The zero-order valence-electron chi connectivity index (χ0n) is 11.6. The van der Waals surface area contributed by atoms with Crippen LogP contribution in [-0.2, 0) is 22.5 Å². The van der Waals surface area contributed by atoms with Crippen molar-refractivity contribution in [2.75, 3.05) is 6.54 Å². The molecule has 5 nitrogen and oxygen atoms in total. The topological polar surface area (TPSA) is 70.1 Å². The molecule has 0 radical (unpaired) electrons. The largest absolute Gasteiger partial charge is 0.460 e. The van der Waals surface area contributed by atoms with Gasteiger partial charge in [0.05, 0.1) is 12.2 Å². The Morgan fingerprint density at radius 1 is 1.56 bits per heavy atom. The average Bonchev–Trinajstić information content (AvgIpc) is 2.70. The zero-order valence-corrected chi connectivity index (χ0v) is 11.6. The Labute approximate surface area is 108 Å². The molecule has 5 heteroatoms. The number of aromatic nitrogens is 2. The molecule has 102 valence electrons. The summed E-state index contributed by atoms with van der Waals surface area (Å²) in [6.45, 7) is 8.72. The number of rotatable bonds is 5. The molecule has 0 aliphatic rings. The number of aryl methyl sites for hydroxylation is 1. The van der Waals surface area contributed by atoms with Crippen LogP contribution in [0.4, 0.5) is 0 Å². The molecule has 1 unspecified atom stereocenters. The lowest BCUT2D eigenvalue weighted by atomic mass is 10.0. The molecule has 1 heterocycles. The Balaban J connectivity index is 2.70. The Morgan fingerprint density at radius 2 is 2.22 bits per heavy atom. The van der Waals surface area contributed by atoms with Crippen LogP contribution in [0.25, 0.3) is 0 Å². The highest BCUT2D eigenvalue weighted by Crippen LogP contribution is 2.14. The first-order valence-corrected chi connectivity index (χ1v) is 6.29. The summed E-state index contributed by atoms with van der Waals surface area (Å²) in [4.78, 5) is 16.1. The SMILES string of the molecule is CCn1cncc1CC(CN)C(=O)OC(C)(C)C. The van der Waals surface area contributed by atoms with Crippen molar-refractivity contribution in [1.29, 1.82) is 0 Å². The van der Waals surface area contributed by atoms with E-state index in [0.717, 1.165) is 12.2 Å². The summed E-state index contributed by atoms with van der Waals surface area (Å²) < 4.78 is 7.37. The first kappa shape index (κ1) is 14.7. The van der Waals surface area contributed by atoms with Crippen LogP contribution in [0.5, 0.6) is 0 Å². The van der Waals surface area contributed by atoms with Crippen LogP contribution in [0, 0.1) is 5.92 Å². The van der Waals surface area contributed by atoms with Gasteiger partial charge in [-0.25, -0.2) is 4.98 Å². The lowest BCUT2D eigenvalue weighted by Crippen LogP contribution is -2.34. The molecule has 0 amide bonds. The molecule has 0 bridgehead atoms. The third-order valence-corrected chi connectivity index (χ3v) is 2.62. The lowest BCUT2D eigenvalue weighted by molar-refractivity contribution is -0.159. The van der Waals surface area contributed by atoms with E-state index in [-0.39, 0.29) is 18.4 Å². The predicted octanol–water partition coefficient (Wildman–Crippen LogP) is 1.36. The van der Waals surface area contributed by atoms with E-state index in [1.165, 1.54) is 0 Å². The number of carbonyl (C=O) groups is 1. The van der Waals surface area contributed by atoms with Crippen LogP contribution in [-0.4, -0.2) is 27.7 Å². The molecule has 1 aromatic rings. The van der Waals surface area contributed by atoms with Gasteiger partial charge in [-0.15, -0.1) is 0 Å². The van der Waals surface area contributed by atoms with E-state index < -0.39 is 5.60 Å². The van der Waals surface area contributed by atoms with Crippen molar-refractivity contribution in [3.8, 4) is 0 Å². The summed E-state index contributed by atoms with van der Waals surface area (Å²) in [7, 11) is 0. The average molecular weight is 253 g/mol. The van der Waals surface area contributed by atoms with Gasteiger partial charge in [-0.3, -0.25) is 4.79 Å². The number of hydrogen-bond donors (Lipinski definition) is 1. The van der Waals surface area contributed by atoms with Crippen molar-refractivity contribution in [2.45, 2.75) is 46.3 Å². The molecule has 18 heavy (non-hydrogen) atoms. The lowest BCUT2D eigenvalue weighted by Gasteiger charge is -2.23. The molecular weight excluding hydrogens is 230 g/mol. The number of carbonyl (C=O) groups excluding carboxylic acids is 1. The molecule has 0 saturated heterocycles. The molecule has 0 aliphatic carbocycles. The van der Waals surface area contributed by atoms with Crippen LogP contribution in [0.15, 0.2) is 12.5 Å². The Bertz CT molecular complexity index is 393. The molecule has 0 aromatic carbocycles. The zero-order chi connectivity index (χ0) is 13.8. The number of ether oxygens (including phenoxy) is 1. The van der Waals surface area contributed by atoms with Gasteiger partial charge in [0.25, 0.3) is 0 Å². The second-order valence-corrected chi connectivity index (χ2v) is 5.34. The molecule has 1 rings (SSSR count). The van der Waals surface area contributed by atoms with Gasteiger partial charge in [-0.2, -0.15) is 0 Å². The second kappa shape index (κ2) is 6.00. The number of hydrogen-bond acceptors (Lipinski definition) is 4. The normalized spacial score (nSPS) is 13.4. The maximum atomic E-state index is 12.0. The first-order valence-electron chi connectivity index (χ1n) is 6.29. The summed E-state index contributed by atoms with van der Waals surface area (Å²) in [5.74, 6) is -0.555. The Hall–Kier alpha value is -1.36. The van der Waals surface area contributed by atoms with Gasteiger partial charge < -0.3 is 15.0 Å². The number of imidazole rings is 1. The van der Waals surface area contributed by atoms with Crippen molar-refractivity contribution < 1.29 is 9.53 Å². The predicted molar refractivity (Wildman–Crippen MR) is 70.0 cm³/mol. The second-order valence-electron chi connectivity index (χ2n) is 5.34. The molecule has 1 atom stereocenters. The van der Waals surface area contributed by atoms with Crippen LogP contribution in [0.2, 0.25) is 0 Å². The van der Waals surface area contributed by atoms with E-state index in [9.17, 15) is 4.79 Å². The Morgan fingerprint density at radius 3 is 2.72 bits per heavy atom. The maximum Gasteiger partial charge on any atom is 0.311 e. The third kappa shape index (κ3) is 4.14. The fourth-order valence-corrected chi connectivity index (χ4v) is 1.70. The number of nitrogens with two attached hydrogens (primary N) is 1. The number of esters is 1. The van der Waals surface area contributed by atoms with E-state index in [2.05, 4.69) is 4.98 Å². The minimum Gasteiger partial charge on any atom is -0.460 e. The van der Waals surface area contributed by atoms with E-state index in [4.69, 9.17) is 10.5 Å². The van der Waals surface area contributed by atoms with Gasteiger partial charge >= 0.3 is 5.97 Å². The molecular formula is C13H23N3O2. The fourth-order valence-electron chi connectivity index (χ4n) is 1.70. The summed E-state index contributed by atoms with van der Waals surface area (Å²) >= 11 is 0. The molecule has 0 aliphatic heterocycles. The standard InChI is InChI=1S/C13H23N3O2/c1-5-16-9-15-8-11(16)6-10(7-14)12(17)18-13(2,3)4/h8-10H,5-7,14H2,1-4H3. The van der Waals surface area contributed by atoms with Gasteiger partial charge in [0.15, 0.2) is 0 Å². The summed E-state index contributed by atoms with van der Waals surface area (Å²) in [6.07, 6.45) is 4.10. The van der Waals surface area contributed by atoms with Crippen LogP contribution < -0.4 is 5.73 Å². The van der Waals surface area contributed by atoms with Crippen molar-refractivity contribution in [3.63, 3.8) is 0 Å². The Kier molecular flexibility index (Phi) is 4.90. The molecule has 2 N–H and O–H groups in total. The van der Waals surface area contributed by atoms with Crippen LogP contribution >= 0.6 is 0 Å². The third-order valence-electron chi connectivity index (χ3n) is 2.62. The monoisotopic (exact) mass is 253 g/mol. The maximum absolute atomic E-state index is 12.0. The highest BCUT2D eigenvalue weighted by atomic mass is 16.6. The fraction of sp³-hybridized carbons (Fsp3) is 0.692. The van der Waals surface area contributed by atoms with E-state index >= 15 is 0 Å². The van der Waals surface area contributed by atoms with Gasteiger partial charge in [-0.05, 0) is 27.7 Å². The minimum atomic E-state index is -0.477. The molecule has 0 spiro atoms. The summed E-state index contributed by atoms with van der Waals surface area (Å²) in [5, 5.41) is 0. The summed E-state index contributed by atoms with van der Waals surface area (Å²) in [5.41, 5.74) is 6.21. The van der Waals surface area contributed by atoms with E-state index in [1.807, 2.05) is 32.3 Å². The van der Waals surface area contributed by atoms with Gasteiger partial charge in [0.1, 0.15) is 5.60 Å². The van der Waals surface area contributed by atoms with Gasteiger partial charge in [0.2, 0.25) is 0 Å². The van der Waals surface area contributed by atoms with Crippen molar-refractivity contribution in [2.24, 2.45) is 11.7 Å². The van der Waals surface area contributed by atoms with Crippen LogP contribution in [0.1, 0.15) is 33.4 Å². The highest BCUT2D eigenvalue weighted by Gasteiger charge is 2.25. The van der Waals surface area contributed by atoms with Crippen molar-refractivity contribution in [3.05, 3.63) is 18.2 Å². The quantitative estimate of drug-likeness (QED) is 0.804. The molecule has 1 aromatic heterocycles. The van der Waals surface area contributed by atoms with Gasteiger partial charge in [0, 0.05) is 31.4 Å². The van der Waals surface area contributed by atoms with E-state index in [0.29, 0.717) is 6.42 Å². The molecule has 0 saturated carbocycles. The highest BCUT2D eigenvalue weighted by molar-refractivity contribution is 5.73. The van der Waals surface area contributed by atoms with Crippen molar-refractivity contribution in [1.82, 2.24) is 9.55 Å². The number of nitrogens with zero attached hydrogens (tertiary/aromatic N) is 2. The van der Waals surface area contributed by atoms with Crippen molar-refractivity contribution >= 4 is 5.97 Å². The van der Waals surface area contributed by atoms with Gasteiger partial charge in [-0.1, -0.05) is 0 Å². The first-order chi connectivity index (χ1) is 8.37. The minimum absolute atomic E-state index is 0.242.